The molecule has 0 fully saturated rings. The van der Waals surface area contributed by atoms with Crippen LogP contribution < -0.4 is 0 Å². The molecule has 0 saturated heterocycles. The van der Waals surface area contributed by atoms with Crippen molar-refractivity contribution < 1.29 is 86.8 Å². The number of hydrogen-bond acceptors (Lipinski definition) is 0. The third-order valence-corrected chi connectivity index (χ3v) is 0. The first-order valence-electron chi connectivity index (χ1n) is 0. The summed E-state index contributed by atoms with van der Waals surface area (Å²) in [4.78, 5) is 0. The molecule has 8 heavy (non-hydrogen) atoms. The van der Waals surface area contributed by atoms with Gasteiger partial charge in [-0.2, -0.15) is 0 Å². The maximum atomic E-state index is 0. The first-order chi connectivity index (χ1) is 0. The predicted octanol–water partition coefficient (Wildman–Crippen LogP) is -4.37. The minimum atomic E-state index is 0. The van der Waals surface area contributed by atoms with E-state index in [1.807, 2.05) is 0 Å². The molecular weight excluding hydrogens is 478 g/mol. The van der Waals surface area contributed by atoms with Gasteiger partial charge in [-0.05, 0) is 0 Å². The van der Waals surface area contributed by atoms with Crippen molar-refractivity contribution in [1.29, 1.82) is 0 Å². The summed E-state index contributed by atoms with van der Waals surface area (Å²) in [6, 6.07) is 0. The molecule has 0 spiro atoms. The molecule has 0 amide bonds. The normalized spacial score (nSPS) is 0. The Morgan fingerprint density at radius 3 is 0.250 bits per heavy atom. The zero-order valence-electron chi connectivity index (χ0n) is 2.04. The van der Waals surface area contributed by atoms with Gasteiger partial charge in [0.05, 0.1) is 0 Å². The molecule has 0 bridgehead atoms. The van der Waals surface area contributed by atoms with Gasteiger partial charge in [-0.15, -0.1) is 0 Å². The Hall–Kier alpha value is 4.29. The molecule has 0 unspecified atom stereocenters. The van der Waals surface area contributed by atoms with Crippen molar-refractivity contribution in [2.24, 2.45) is 0 Å². The van der Waals surface area contributed by atoms with Gasteiger partial charge in [0.25, 0.3) is 0 Å². The second-order valence-electron chi connectivity index (χ2n) is 0. The molecule has 8 heteroatoms. The van der Waals surface area contributed by atoms with Gasteiger partial charge in [-0.25, -0.2) is 0 Å². The number of hydrogen-bond donors (Lipinski definition) is 0. The fourth-order valence-electron chi connectivity index (χ4n) is 0. The van der Waals surface area contributed by atoms with E-state index in [0.29, 0.717) is 0 Å². The topological polar surface area (TPSA) is 0 Å². The van der Waals surface area contributed by atoms with E-state index in [9.17, 15) is 0 Å². The van der Waals surface area contributed by atoms with Crippen molar-refractivity contribution in [1.82, 2.24) is 0 Å². The van der Waals surface area contributed by atoms with Gasteiger partial charge in [0.15, 0.2) is 0 Å². The van der Waals surface area contributed by atoms with Crippen molar-refractivity contribution in [2.75, 3.05) is 0 Å². The van der Waals surface area contributed by atoms with Gasteiger partial charge in [-0.1, -0.05) is 0 Å². The summed E-state index contributed by atoms with van der Waals surface area (Å²) >= 11 is 0. The van der Waals surface area contributed by atoms with Crippen LogP contribution in [-0.4, -0.2) is 52.8 Å². The quantitative estimate of drug-likeness (QED) is 0.302. The average molecular weight is 490 g/mol. The first-order valence-corrected chi connectivity index (χ1v) is 0. The fourth-order valence-corrected chi connectivity index (χ4v) is 0. The Morgan fingerprint density at radius 1 is 0.250 bits per heavy atom. The summed E-state index contributed by atoms with van der Waals surface area (Å²) in [5, 5.41) is 0. The zero-order chi connectivity index (χ0) is 0. The van der Waals surface area contributed by atoms with Crippen LogP contribution in [0.3, 0.4) is 0 Å². The standard InChI is InChI=1S/5Cr.3GeH4/h;;;;;3*1H4. The van der Waals surface area contributed by atoms with Crippen LogP contribution in [0.2, 0.25) is 0 Å². The van der Waals surface area contributed by atoms with Gasteiger partial charge in [0.2, 0.25) is 0 Å². The van der Waals surface area contributed by atoms with Crippen molar-refractivity contribution in [3.8, 4) is 0 Å². The molecule has 54 valence electrons. The van der Waals surface area contributed by atoms with Crippen molar-refractivity contribution in [3.05, 3.63) is 0 Å². The van der Waals surface area contributed by atoms with Crippen LogP contribution in [0.25, 0.3) is 0 Å². The SMILES string of the molecule is [Cr].[Cr].[Cr].[Cr].[Cr].[GeH4].[GeH4].[GeH4]. The maximum absolute atomic E-state index is 0. The average Bonchev–Trinajstić information content (AvgIpc) is 0. The van der Waals surface area contributed by atoms with E-state index in [4.69, 9.17) is 0 Å². The molecule has 0 atom stereocenters. The van der Waals surface area contributed by atoms with E-state index in [1.165, 1.54) is 0 Å². The summed E-state index contributed by atoms with van der Waals surface area (Å²) in [7, 11) is 0. The molecule has 0 aromatic carbocycles. The van der Waals surface area contributed by atoms with Gasteiger partial charge in [0, 0.05) is 86.8 Å². The van der Waals surface area contributed by atoms with E-state index in [-0.39, 0.29) is 140 Å². The third kappa shape index (κ3) is 48.2. The van der Waals surface area contributed by atoms with Crippen LogP contribution >= 0.6 is 0 Å². The van der Waals surface area contributed by atoms with Crippen molar-refractivity contribution >= 4 is 52.8 Å². The molecule has 0 aliphatic heterocycles. The van der Waals surface area contributed by atoms with E-state index in [2.05, 4.69) is 0 Å². The van der Waals surface area contributed by atoms with E-state index >= 15 is 0 Å². The Morgan fingerprint density at radius 2 is 0.250 bits per heavy atom. The predicted molar refractivity (Wildman–Crippen MR) is 34.0 cm³/mol. The monoisotopic (exact) mass is 494 g/mol. The first kappa shape index (κ1) is 85.1. The van der Waals surface area contributed by atoms with E-state index in [0.717, 1.165) is 0 Å². The van der Waals surface area contributed by atoms with Gasteiger partial charge >= 0.3 is 52.8 Å². The van der Waals surface area contributed by atoms with Gasteiger partial charge in [-0.3, -0.25) is 0 Å². The molecule has 0 aliphatic rings. The summed E-state index contributed by atoms with van der Waals surface area (Å²) in [6.45, 7) is 0. The molecule has 0 aromatic heterocycles. The molecule has 0 aliphatic carbocycles. The fraction of sp³-hybridized carbons (Fsp3) is 0. The Kier molecular flexibility index (Phi) is 691. The Labute approximate surface area is 137 Å². The molecule has 0 N–H and O–H groups in total. The Bertz CT molecular complexity index is 7.64. The van der Waals surface area contributed by atoms with Gasteiger partial charge in [0.1, 0.15) is 0 Å². The molecule has 0 nitrogen and oxygen atoms in total. The van der Waals surface area contributed by atoms with Crippen LogP contribution in [0.15, 0.2) is 0 Å². The van der Waals surface area contributed by atoms with Crippen LogP contribution in [0, 0.1) is 0 Å². The van der Waals surface area contributed by atoms with Crippen molar-refractivity contribution in [2.45, 2.75) is 0 Å². The Balaban J connectivity index is 0. The van der Waals surface area contributed by atoms with Crippen molar-refractivity contribution in [3.63, 3.8) is 0 Å². The summed E-state index contributed by atoms with van der Waals surface area (Å²) in [5.74, 6) is 0. The number of rotatable bonds is 0. The minimum absolute atomic E-state index is 0. The second kappa shape index (κ2) is 64.9. The molecule has 0 rings (SSSR count). The van der Waals surface area contributed by atoms with E-state index in [1.54, 1.807) is 0 Å². The molecule has 0 heterocycles. The second-order valence-corrected chi connectivity index (χ2v) is 0. The van der Waals surface area contributed by atoms with Crippen LogP contribution in [-0.2, 0) is 86.8 Å². The van der Waals surface area contributed by atoms with Crippen LogP contribution in [0.5, 0.6) is 0 Å². The van der Waals surface area contributed by atoms with Crippen LogP contribution in [0.4, 0.5) is 0 Å². The van der Waals surface area contributed by atoms with E-state index < -0.39 is 0 Å². The summed E-state index contributed by atoms with van der Waals surface area (Å²) in [6.07, 6.45) is 0. The third-order valence-electron chi connectivity index (χ3n) is 0. The zero-order valence-corrected chi connectivity index (χ0v) is 8.42. The van der Waals surface area contributed by atoms with Crippen LogP contribution in [0.1, 0.15) is 0 Å². The summed E-state index contributed by atoms with van der Waals surface area (Å²) in [5.41, 5.74) is 0. The summed E-state index contributed by atoms with van der Waals surface area (Å²) < 4.78 is 0. The molecule has 0 saturated carbocycles. The molecule has 0 aromatic rings. The molecular formula is H12Cr5Ge3. The van der Waals surface area contributed by atoms with Gasteiger partial charge < -0.3 is 0 Å². The molecule has 0 radical (unpaired) electrons.